The van der Waals surface area contributed by atoms with E-state index in [2.05, 4.69) is 36.2 Å². The molecule has 0 fully saturated rings. The molecule has 2 nitrogen and oxygen atoms in total. The molecule has 2 atom stereocenters. The van der Waals surface area contributed by atoms with Gasteiger partial charge in [-0.3, -0.25) is 10.7 Å². The van der Waals surface area contributed by atoms with Crippen molar-refractivity contribution in [2.24, 2.45) is 5.73 Å². The van der Waals surface area contributed by atoms with E-state index in [0.717, 1.165) is 6.42 Å². The number of amidine groups is 1. The molecule has 0 amide bonds. The van der Waals surface area contributed by atoms with Gasteiger partial charge in [-0.05, 0) is 30.3 Å². The third kappa shape index (κ3) is 3.10. The van der Waals surface area contributed by atoms with Crippen LogP contribution in [0.4, 0.5) is 4.39 Å². The van der Waals surface area contributed by atoms with Crippen molar-refractivity contribution >= 4 is 16.9 Å². The maximum atomic E-state index is 14.0. The minimum absolute atomic E-state index is 0.0845. The van der Waals surface area contributed by atoms with Gasteiger partial charge in [0.1, 0.15) is 11.9 Å². The van der Waals surface area contributed by atoms with Gasteiger partial charge >= 0.3 is 5.17 Å². The highest BCUT2D eigenvalue weighted by Gasteiger charge is 2.30. The first-order valence-corrected chi connectivity index (χ1v) is 7.88. The van der Waals surface area contributed by atoms with E-state index in [4.69, 9.17) is 5.73 Å². The largest absolute Gasteiger partial charge is 0.303 e. The monoisotopic (exact) mass is 301 g/mol. The lowest BCUT2D eigenvalue weighted by molar-refractivity contribution is -0.511. The Morgan fingerprint density at radius 2 is 1.86 bits per heavy atom. The second-order valence-corrected chi connectivity index (χ2v) is 6.58. The van der Waals surface area contributed by atoms with Crippen LogP contribution in [0, 0.1) is 12.7 Å². The highest BCUT2D eigenvalue weighted by Crippen LogP contribution is 2.37. The summed E-state index contributed by atoms with van der Waals surface area (Å²) in [6, 6.07) is 15.3. The van der Waals surface area contributed by atoms with Crippen molar-refractivity contribution in [2.75, 3.05) is 0 Å². The SMILES string of the molecule is Cc1ccc([C@H]2C[C@@H](c3ccccc3F)[NH+]=C(N)S2)cc1. The zero-order valence-electron chi connectivity index (χ0n) is 11.8. The molecule has 3 N–H and O–H groups in total. The molecule has 0 saturated heterocycles. The molecule has 0 unspecified atom stereocenters. The predicted molar refractivity (Wildman–Crippen MR) is 85.4 cm³/mol. The number of rotatable bonds is 2. The van der Waals surface area contributed by atoms with E-state index >= 15 is 0 Å². The second kappa shape index (κ2) is 5.90. The van der Waals surface area contributed by atoms with Crippen molar-refractivity contribution in [2.45, 2.75) is 24.6 Å². The summed E-state index contributed by atoms with van der Waals surface area (Å²) in [6.45, 7) is 2.07. The van der Waals surface area contributed by atoms with E-state index in [9.17, 15) is 4.39 Å². The summed E-state index contributed by atoms with van der Waals surface area (Å²) in [4.78, 5) is 3.20. The first-order chi connectivity index (χ1) is 10.1. The summed E-state index contributed by atoms with van der Waals surface area (Å²) < 4.78 is 14.0. The van der Waals surface area contributed by atoms with Crippen LogP contribution < -0.4 is 10.7 Å². The van der Waals surface area contributed by atoms with Gasteiger partial charge in [-0.1, -0.05) is 48.0 Å². The zero-order valence-corrected chi connectivity index (χ0v) is 12.7. The second-order valence-electron chi connectivity index (χ2n) is 5.34. The predicted octanol–water partition coefficient (Wildman–Crippen LogP) is 2.45. The summed E-state index contributed by atoms with van der Waals surface area (Å²) in [5, 5.41) is 0.900. The van der Waals surface area contributed by atoms with E-state index < -0.39 is 0 Å². The van der Waals surface area contributed by atoms with Crippen LogP contribution in [0.25, 0.3) is 0 Å². The normalized spacial score (nSPS) is 21.9. The molecule has 21 heavy (non-hydrogen) atoms. The van der Waals surface area contributed by atoms with Crippen LogP contribution in [0.5, 0.6) is 0 Å². The van der Waals surface area contributed by atoms with E-state index in [-0.39, 0.29) is 17.1 Å². The molecule has 1 heterocycles. The third-order valence-corrected chi connectivity index (χ3v) is 4.89. The fourth-order valence-electron chi connectivity index (χ4n) is 2.63. The maximum absolute atomic E-state index is 14.0. The van der Waals surface area contributed by atoms with Crippen LogP contribution in [-0.4, -0.2) is 5.17 Å². The van der Waals surface area contributed by atoms with Crippen LogP contribution in [0.1, 0.15) is 34.4 Å². The van der Waals surface area contributed by atoms with Crippen molar-refractivity contribution < 1.29 is 9.38 Å². The van der Waals surface area contributed by atoms with E-state index in [1.165, 1.54) is 17.2 Å². The Hall–Kier alpha value is -1.81. The van der Waals surface area contributed by atoms with Crippen molar-refractivity contribution in [3.63, 3.8) is 0 Å². The van der Waals surface area contributed by atoms with Gasteiger partial charge in [0.15, 0.2) is 0 Å². The van der Waals surface area contributed by atoms with Crippen LogP contribution in [-0.2, 0) is 0 Å². The molecule has 3 rings (SSSR count). The van der Waals surface area contributed by atoms with Crippen molar-refractivity contribution in [3.05, 3.63) is 71.0 Å². The number of halogens is 1. The molecule has 1 aliphatic rings. The highest BCUT2D eigenvalue weighted by atomic mass is 32.2. The molecule has 2 aromatic carbocycles. The molecule has 0 spiro atoms. The van der Waals surface area contributed by atoms with Gasteiger partial charge in [-0.2, -0.15) is 0 Å². The Balaban J connectivity index is 1.89. The average Bonchev–Trinajstić information content (AvgIpc) is 2.48. The lowest BCUT2D eigenvalue weighted by Crippen LogP contribution is -2.77. The standard InChI is InChI=1S/C17H17FN2S/c1-11-6-8-12(9-7-11)16-10-15(20-17(19)21-16)13-4-2-3-5-14(13)18/h2-9,15-16H,10H2,1H3,(H2,19,20)/p+1/t15-,16+/m0/s1. The number of benzene rings is 2. The van der Waals surface area contributed by atoms with Gasteiger partial charge in [-0.15, -0.1) is 0 Å². The fraction of sp³-hybridized carbons (Fsp3) is 0.235. The summed E-state index contributed by atoms with van der Waals surface area (Å²) in [5.74, 6) is -0.183. The number of nitrogens with two attached hydrogens (primary N) is 1. The van der Waals surface area contributed by atoms with E-state index in [1.807, 2.05) is 12.1 Å². The molecule has 0 bridgehead atoms. The first kappa shape index (κ1) is 14.1. The molecular weight excluding hydrogens is 283 g/mol. The molecule has 1 aliphatic heterocycles. The fourth-order valence-corrected chi connectivity index (χ4v) is 3.73. The minimum Gasteiger partial charge on any atom is -0.282 e. The smallest absolute Gasteiger partial charge is 0.282 e. The van der Waals surface area contributed by atoms with Gasteiger partial charge in [0.05, 0.1) is 0 Å². The third-order valence-electron chi connectivity index (χ3n) is 3.77. The van der Waals surface area contributed by atoms with E-state index in [1.54, 1.807) is 17.8 Å². The lowest BCUT2D eigenvalue weighted by atomic mass is 9.98. The Morgan fingerprint density at radius 1 is 1.14 bits per heavy atom. The summed E-state index contributed by atoms with van der Waals surface area (Å²) in [7, 11) is 0. The van der Waals surface area contributed by atoms with Crippen molar-refractivity contribution in [1.29, 1.82) is 0 Å². The van der Waals surface area contributed by atoms with Crippen LogP contribution >= 0.6 is 11.8 Å². The van der Waals surface area contributed by atoms with Gasteiger partial charge in [-0.25, -0.2) is 4.39 Å². The molecular formula is C17H18FN2S+. The van der Waals surface area contributed by atoms with Crippen molar-refractivity contribution in [1.82, 2.24) is 0 Å². The average molecular weight is 301 g/mol. The van der Waals surface area contributed by atoms with Crippen LogP contribution in [0.15, 0.2) is 48.5 Å². The number of nitrogens with one attached hydrogen (secondary N) is 1. The van der Waals surface area contributed by atoms with E-state index in [0.29, 0.717) is 10.7 Å². The number of hydrogen-bond acceptors (Lipinski definition) is 2. The Morgan fingerprint density at radius 3 is 2.57 bits per heavy atom. The molecule has 0 aliphatic carbocycles. The quantitative estimate of drug-likeness (QED) is 0.894. The van der Waals surface area contributed by atoms with Crippen LogP contribution in [0.3, 0.4) is 0 Å². The lowest BCUT2D eigenvalue weighted by Gasteiger charge is -2.24. The van der Waals surface area contributed by atoms with Crippen molar-refractivity contribution in [3.8, 4) is 0 Å². The maximum Gasteiger partial charge on any atom is 0.303 e. The minimum atomic E-state index is -0.183. The molecule has 108 valence electrons. The Labute approximate surface area is 128 Å². The first-order valence-electron chi connectivity index (χ1n) is 7.00. The Kier molecular flexibility index (Phi) is 3.97. The Bertz CT molecular complexity index is 667. The van der Waals surface area contributed by atoms with Gasteiger partial charge in [0.2, 0.25) is 0 Å². The number of hydrogen-bond donors (Lipinski definition) is 2. The number of aryl methyl sites for hydroxylation is 1. The van der Waals surface area contributed by atoms with Crippen LogP contribution in [0.2, 0.25) is 0 Å². The topological polar surface area (TPSA) is 40.0 Å². The van der Waals surface area contributed by atoms with Gasteiger partial charge in [0, 0.05) is 17.2 Å². The highest BCUT2D eigenvalue weighted by molar-refractivity contribution is 8.13. The summed E-state index contributed by atoms with van der Waals surface area (Å²) in [6.07, 6.45) is 0.815. The van der Waals surface area contributed by atoms with Gasteiger partial charge < -0.3 is 0 Å². The molecule has 0 aromatic heterocycles. The van der Waals surface area contributed by atoms with Gasteiger partial charge in [0.25, 0.3) is 0 Å². The zero-order chi connectivity index (χ0) is 14.8. The number of thioether (sulfide) groups is 1. The molecule has 0 radical (unpaired) electrons. The molecule has 0 saturated carbocycles. The molecule has 4 heteroatoms. The summed E-state index contributed by atoms with van der Waals surface area (Å²) in [5.41, 5.74) is 9.16. The summed E-state index contributed by atoms with van der Waals surface area (Å²) >= 11 is 1.61. The molecule has 2 aromatic rings.